The van der Waals surface area contributed by atoms with Crippen molar-refractivity contribution in [1.29, 1.82) is 0 Å². The van der Waals surface area contributed by atoms with Gasteiger partial charge in [-0.15, -0.1) is 0 Å². The third kappa shape index (κ3) is 3.34. The van der Waals surface area contributed by atoms with Crippen LogP contribution in [-0.4, -0.2) is 24.3 Å². The van der Waals surface area contributed by atoms with E-state index in [0.29, 0.717) is 6.29 Å². The molecule has 0 spiro atoms. The van der Waals surface area contributed by atoms with E-state index in [1.165, 1.54) is 0 Å². The first-order chi connectivity index (χ1) is 7.06. The zero-order chi connectivity index (χ0) is 13.0. The van der Waals surface area contributed by atoms with Crippen LogP contribution in [0, 0.1) is 0 Å². The fourth-order valence-corrected chi connectivity index (χ4v) is 1.04. The Labute approximate surface area is 86.6 Å². The van der Waals surface area contributed by atoms with Crippen LogP contribution in [0.1, 0.15) is 25.7 Å². The van der Waals surface area contributed by atoms with Crippen molar-refractivity contribution in [3.8, 4) is 0 Å². The Kier molecular flexibility index (Phi) is 4.75. The van der Waals surface area contributed by atoms with Gasteiger partial charge in [-0.2, -0.15) is 26.3 Å². The van der Waals surface area contributed by atoms with E-state index in [1.807, 2.05) is 0 Å². The Morgan fingerprint density at radius 2 is 1.25 bits per heavy atom. The van der Waals surface area contributed by atoms with Crippen molar-refractivity contribution >= 4 is 6.29 Å². The largest absolute Gasteiger partial charge is 0.431 e. The van der Waals surface area contributed by atoms with Crippen LogP contribution in [-0.2, 0) is 4.79 Å². The molecule has 0 aromatic rings. The van der Waals surface area contributed by atoms with Gasteiger partial charge in [-0.1, -0.05) is 0 Å². The van der Waals surface area contributed by atoms with Crippen LogP contribution >= 0.6 is 0 Å². The lowest BCUT2D eigenvalue weighted by molar-refractivity contribution is -0.343. The summed E-state index contributed by atoms with van der Waals surface area (Å²) in [5.74, 6) is 0. The van der Waals surface area contributed by atoms with Crippen molar-refractivity contribution in [1.82, 2.24) is 0 Å². The minimum atomic E-state index is -5.99. The normalized spacial score (nSPS) is 13.9. The Morgan fingerprint density at radius 3 is 1.56 bits per heavy atom. The molecule has 0 aromatic carbocycles. The smallest absolute Gasteiger partial charge is 0.303 e. The Balaban J connectivity index is 4.64. The number of rotatable bonds is 5. The molecule has 0 heterocycles. The summed E-state index contributed by atoms with van der Waals surface area (Å²) in [6, 6.07) is 0. The summed E-state index contributed by atoms with van der Waals surface area (Å²) in [7, 11) is 0. The summed E-state index contributed by atoms with van der Waals surface area (Å²) in [5.41, 5.74) is -5.19. The molecule has 0 atom stereocenters. The van der Waals surface area contributed by atoms with Gasteiger partial charge in [0, 0.05) is 6.42 Å². The molecule has 1 nitrogen and oxygen atoms in total. The van der Waals surface area contributed by atoms with Crippen LogP contribution in [0.3, 0.4) is 0 Å². The summed E-state index contributed by atoms with van der Waals surface area (Å²) < 4.78 is 84.6. The first-order valence-corrected chi connectivity index (χ1v) is 4.32. The molecule has 0 saturated carbocycles. The average molecular weight is 254 g/mol. The monoisotopic (exact) mass is 254 g/mol. The van der Waals surface area contributed by atoms with Crippen molar-refractivity contribution in [2.24, 2.45) is 0 Å². The SMILES string of the molecule is O=CCCCCC(F)(C(F)(F)F)C(F)(F)F. The van der Waals surface area contributed by atoms with Crippen molar-refractivity contribution in [2.45, 2.75) is 43.7 Å². The number of alkyl halides is 7. The number of aldehydes is 1. The minimum absolute atomic E-state index is 0.189. The van der Waals surface area contributed by atoms with Crippen molar-refractivity contribution < 1.29 is 35.5 Å². The lowest BCUT2D eigenvalue weighted by Gasteiger charge is -2.29. The number of carbonyl (C=O) groups is 1. The van der Waals surface area contributed by atoms with Gasteiger partial charge in [0.1, 0.15) is 6.29 Å². The van der Waals surface area contributed by atoms with Gasteiger partial charge < -0.3 is 4.79 Å². The number of carbonyl (C=O) groups excluding carboxylic acids is 1. The second-order valence-electron chi connectivity index (χ2n) is 3.21. The molecular weight excluding hydrogens is 245 g/mol. The van der Waals surface area contributed by atoms with Crippen molar-refractivity contribution in [3.63, 3.8) is 0 Å². The average Bonchev–Trinajstić information content (AvgIpc) is 2.08. The second kappa shape index (κ2) is 5.01. The topological polar surface area (TPSA) is 17.1 Å². The van der Waals surface area contributed by atoms with Gasteiger partial charge >= 0.3 is 12.4 Å². The molecule has 0 amide bonds. The molecule has 0 bridgehead atoms. The Morgan fingerprint density at radius 1 is 0.812 bits per heavy atom. The van der Waals surface area contributed by atoms with Crippen LogP contribution in [0.25, 0.3) is 0 Å². The minimum Gasteiger partial charge on any atom is -0.303 e. The zero-order valence-corrected chi connectivity index (χ0v) is 7.96. The van der Waals surface area contributed by atoms with E-state index in [-0.39, 0.29) is 12.8 Å². The van der Waals surface area contributed by atoms with Gasteiger partial charge in [0.2, 0.25) is 0 Å². The van der Waals surface area contributed by atoms with Crippen LogP contribution in [0.5, 0.6) is 0 Å². The highest BCUT2D eigenvalue weighted by Gasteiger charge is 2.71. The van der Waals surface area contributed by atoms with Gasteiger partial charge in [0.15, 0.2) is 0 Å². The maximum atomic E-state index is 12.9. The predicted octanol–water partition coefficient (Wildman–Crippen LogP) is 3.58. The highest BCUT2D eigenvalue weighted by Crippen LogP contribution is 2.49. The predicted molar refractivity (Wildman–Crippen MR) is 40.5 cm³/mol. The molecule has 0 fully saturated rings. The van der Waals surface area contributed by atoms with E-state index < -0.39 is 30.9 Å². The van der Waals surface area contributed by atoms with Crippen molar-refractivity contribution in [2.75, 3.05) is 0 Å². The zero-order valence-electron chi connectivity index (χ0n) is 7.96. The summed E-state index contributed by atoms with van der Waals surface area (Å²) in [6.07, 6.45) is -14.4. The van der Waals surface area contributed by atoms with Crippen LogP contribution in [0.4, 0.5) is 30.7 Å². The van der Waals surface area contributed by atoms with Gasteiger partial charge in [0.25, 0.3) is 5.67 Å². The number of hydrogen-bond donors (Lipinski definition) is 0. The molecule has 0 radical (unpaired) electrons. The molecule has 96 valence electrons. The fourth-order valence-electron chi connectivity index (χ4n) is 1.04. The maximum Gasteiger partial charge on any atom is 0.431 e. The fraction of sp³-hybridized carbons (Fsp3) is 0.875. The van der Waals surface area contributed by atoms with Gasteiger partial charge in [-0.05, 0) is 19.3 Å². The number of hydrogen-bond acceptors (Lipinski definition) is 1. The molecule has 0 aliphatic rings. The molecule has 0 aliphatic carbocycles. The van der Waals surface area contributed by atoms with Crippen LogP contribution < -0.4 is 0 Å². The van der Waals surface area contributed by atoms with E-state index in [2.05, 4.69) is 0 Å². The highest BCUT2D eigenvalue weighted by atomic mass is 19.4. The van der Waals surface area contributed by atoms with Crippen LogP contribution in [0.2, 0.25) is 0 Å². The Bertz CT molecular complexity index is 216. The van der Waals surface area contributed by atoms with Crippen LogP contribution in [0.15, 0.2) is 0 Å². The quantitative estimate of drug-likeness (QED) is 0.416. The lowest BCUT2D eigenvalue weighted by atomic mass is 9.96. The lowest BCUT2D eigenvalue weighted by Crippen LogP contribution is -2.53. The molecule has 0 unspecified atom stereocenters. The van der Waals surface area contributed by atoms with E-state index >= 15 is 0 Å². The second-order valence-corrected chi connectivity index (χ2v) is 3.21. The van der Waals surface area contributed by atoms with E-state index in [9.17, 15) is 35.5 Å². The molecule has 0 aromatic heterocycles. The van der Waals surface area contributed by atoms with E-state index in [1.54, 1.807) is 0 Å². The van der Waals surface area contributed by atoms with Gasteiger partial charge in [-0.3, -0.25) is 0 Å². The number of unbranched alkanes of at least 4 members (excludes halogenated alkanes) is 2. The third-order valence-corrected chi connectivity index (χ3v) is 1.99. The third-order valence-electron chi connectivity index (χ3n) is 1.99. The molecule has 8 heteroatoms. The molecular formula is C8H9F7O. The van der Waals surface area contributed by atoms with Crippen molar-refractivity contribution in [3.05, 3.63) is 0 Å². The van der Waals surface area contributed by atoms with Gasteiger partial charge in [0.05, 0.1) is 0 Å². The molecule has 0 aliphatic heterocycles. The standard InChI is InChI=1S/C8H9F7O/c9-6(7(10,11)12,8(13,14)15)4-2-1-3-5-16/h5H,1-4H2. The first kappa shape index (κ1) is 15.2. The summed E-state index contributed by atoms with van der Waals surface area (Å²) in [4.78, 5) is 9.78. The van der Waals surface area contributed by atoms with E-state index in [0.717, 1.165) is 0 Å². The molecule has 0 rings (SSSR count). The molecule has 0 N–H and O–H groups in total. The summed E-state index contributed by atoms with van der Waals surface area (Å²) >= 11 is 0. The summed E-state index contributed by atoms with van der Waals surface area (Å²) in [6.45, 7) is 0. The maximum absolute atomic E-state index is 12.9. The first-order valence-electron chi connectivity index (χ1n) is 4.32. The van der Waals surface area contributed by atoms with Gasteiger partial charge in [-0.25, -0.2) is 4.39 Å². The molecule has 0 saturated heterocycles. The summed E-state index contributed by atoms with van der Waals surface area (Å²) in [5, 5.41) is 0. The number of halogens is 7. The Hall–Kier alpha value is -0.820. The van der Waals surface area contributed by atoms with E-state index in [4.69, 9.17) is 0 Å². The molecule has 16 heavy (non-hydrogen) atoms. The highest BCUT2D eigenvalue weighted by molar-refractivity contribution is 5.48.